The van der Waals surface area contributed by atoms with Crippen molar-refractivity contribution >= 4 is 17.7 Å². The molecule has 0 amide bonds. The minimum atomic E-state index is 0.219. The SMILES string of the molecule is CC.CCCc1ccc(/C(CCC2(C)CC2)=N/SC(C)(C)CC)cc1. The van der Waals surface area contributed by atoms with Crippen LogP contribution in [0.3, 0.4) is 0 Å². The second-order valence-corrected chi connectivity index (χ2v) is 9.47. The summed E-state index contributed by atoms with van der Waals surface area (Å²) in [5, 5.41) is 0. The molecule has 1 saturated carbocycles. The van der Waals surface area contributed by atoms with Gasteiger partial charge in [0, 0.05) is 4.75 Å². The first kappa shape index (κ1) is 22.3. The van der Waals surface area contributed by atoms with Gasteiger partial charge in [0.2, 0.25) is 0 Å². The van der Waals surface area contributed by atoms with Gasteiger partial charge in [-0.05, 0) is 80.9 Å². The average molecular weight is 362 g/mol. The van der Waals surface area contributed by atoms with Gasteiger partial charge in [-0.25, -0.2) is 4.40 Å². The van der Waals surface area contributed by atoms with Crippen LogP contribution < -0.4 is 0 Å². The summed E-state index contributed by atoms with van der Waals surface area (Å²) in [6.07, 6.45) is 8.68. The molecule has 0 atom stereocenters. The van der Waals surface area contributed by atoms with Crippen molar-refractivity contribution in [2.24, 2.45) is 9.81 Å². The zero-order chi connectivity index (χ0) is 18.9. The Hall–Kier alpha value is -0.760. The molecule has 1 fully saturated rings. The fourth-order valence-electron chi connectivity index (χ4n) is 2.52. The molecule has 1 aromatic carbocycles. The smallest absolute Gasteiger partial charge is 0.0559 e. The molecule has 1 aliphatic carbocycles. The van der Waals surface area contributed by atoms with Crippen molar-refractivity contribution in [3.63, 3.8) is 0 Å². The van der Waals surface area contributed by atoms with Gasteiger partial charge >= 0.3 is 0 Å². The summed E-state index contributed by atoms with van der Waals surface area (Å²) in [5.41, 5.74) is 4.63. The quantitative estimate of drug-likeness (QED) is 0.322. The number of benzene rings is 1. The molecule has 25 heavy (non-hydrogen) atoms. The van der Waals surface area contributed by atoms with E-state index in [0.29, 0.717) is 5.41 Å². The maximum absolute atomic E-state index is 4.98. The van der Waals surface area contributed by atoms with Crippen molar-refractivity contribution in [1.82, 2.24) is 0 Å². The molecule has 0 bridgehead atoms. The fourth-order valence-corrected chi connectivity index (χ4v) is 3.21. The third kappa shape index (κ3) is 7.98. The predicted molar refractivity (Wildman–Crippen MR) is 117 cm³/mol. The van der Waals surface area contributed by atoms with Crippen LogP contribution >= 0.6 is 11.9 Å². The molecular weight excluding hydrogens is 322 g/mol. The van der Waals surface area contributed by atoms with Crippen LogP contribution in [0.5, 0.6) is 0 Å². The van der Waals surface area contributed by atoms with Crippen LogP contribution in [0.4, 0.5) is 0 Å². The first-order valence-electron chi connectivity index (χ1n) is 10.2. The van der Waals surface area contributed by atoms with Crippen LogP contribution in [0.25, 0.3) is 0 Å². The Labute approximate surface area is 161 Å². The van der Waals surface area contributed by atoms with Crippen molar-refractivity contribution in [2.75, 3.05) is 0 Å². The van der Waals surface area contributed by atoms with Gasteiger partial charge in [-0.2, -0.15) is 0 Å². The first-order chi connectivity index (χ1) is 11.9. The molecule has 0 spiro atoms. The standard InChI is InChI=1S/C21H33NS.C2H6/c1-6-8-17-9-11-18(12-10-17)19(13-14-21(5)15-16-21)22-23-20(3,4)7-2;1-2/h9-12H,6-8,13-16H2,1-5H3;1-2H3/b22-19+;. The molecule has 0 N–H and O–H groups in total. The monoisotopic (exact) mass is 361 g/mol. The van der Waals surface area contributed by atoms with E-state index in [9.17, 15) is 0 Å². The molecule has 1 aromatic rings. The Morgan fingerprint density at radius 1 is 1.12 bits per heavy atom. The summed E-state index contributed by atoms with van der Waals surface area (Å²) in [4.78, 5) is 0. The van der Waals surface area contributed by atoms with Gasteiger partial charge in [0.1, 0.15) is 0 Å². The van der Waals surface area contributed by atoms with Gasteiger partial charge in [-0.1, -0.05) is 65.3 Å². The van der Waals surface area contributed by atoms with Gasteiger partial charge in [-0.15, -0.1) is 0 Å². The molecule has 2 rings (SSSR count). The van der Waals surface area contributed by atoms with Gasteiger partial charge in [-0.3, -0.25) is 0 Å². The second-order valence-electron chi connectivity index (χ2n) is 8.00. The van der Waals surface area contributed by atoms with Crippen LogP contribution in [0.15, 0.2) is 28.7 Å². The minimum absolute atomic E-state index is 0.219. The molecule has 0 aromatic heterocycles. The van der Waals surface area contributed by atoms with Crippen LogP contribution in [-0.4, -0.2) is 10.5 Å². The summed E-state index contributed by atoms with van der Waals surface area (Å²) in [6, 6.07) is 9.11. The molecule has 0 heterocycles. The van der Waals surface area contributed by atoms with E-state index >= 15 is 0 Å². The van der Waals surface area contributed by atoms with Crippen LogP contribution in [0, 0.1) is 5.41 Å². The maximum atomic E-state index is 4.98. The lowest BCUT2D eigenvalue weighted by atomic mass is 9.96. The van der Waals surface area contributed by atoms with Crippen LogP contribution in [0.1, 0.15) is 98.1 Å². The molecule has 0 unspecified atom stereocenters. The Morgan fingerprint density at radius 2 is 1.72 bits per heavy atom. The average Bonchev–Trinajstić information content (AvgIpc) is 3.36. The number of rotatable bonds is 9. The number of hydrogen-bond acceptors (Lipinski definition) is 2. The summed E-state index contributed by atoms with van der Waals surface area (Å²) >= 11 is 1.76. The first-order valence-corrected chi connectivity index (χ1v) is 11.0. The Kier molecular flexibility index (Phi) is 9.27. The van der Waals surface area contributed by atoms with E-state index in [4.69, 9.17) is 4.40 Å². The van der Waals surface area contributed by atoms with Crippen molar-refractivity contribution in [3.8, 4) is 0 Å². The summed E-state index contributed by atoms with van der Waals surface area (Å²) < 4.78 is 5.20. The van der Waals surface area contributed by atoms with Gasteiger partial charge in [0.15, 0.2) is 0 Å². The van der Waals surface area contributed by atoms with Crippen molar-refractivity contribution in [2.45, 2.75) is 98.2 Å². The van der Waals surface area contributed by atoms with Crippen LogP contribution in [-0.2, 0) is 6.42 Å². The highest BCUT2D eigenvalue weighted by molar-refractivity contribution is 7.99. The predicted octanol–water partition coefficient (Wildman–Crippen LogP) is 7.87. The molecule has 1 aliphatic rings. The van der Waals surface area contributed by atoms with Crippen molar-refractivity contribution < 1.29 is 0 Å². The molecule has 0 saturated heterocycles. The normalized spacial score (nSPS) is 16.2. The number of hydrogen-bond donors (Lipinski definition) is 0. The van der Waals surface area contributed by atoms with E-state index in [1.807, 2.05) is 13.8 Å². The largest absolute Gasteiger partial charge is 0.220 e. The molecule has 0 radical (unpaired) electrons. The lowest BCUT2D eigenvalue weighted by molar-refractivity contribution is 0.532. The topological polar surface area (TPSA) is 12.4 Å². The Balaban J connectivity index is 0.00000151. The highest BCUT2D eigenvalue weighted by atomic mass is 32.2. The lowest BCUT2D eigenvalue weighted by Crippen LogP contribution is -2.12. The molecule has 2 heteroatoms. The second kappa shape index (κ2) is 10.4. The molecule has 142 valence electrons. The zero-order valence-electron chi connectivity index (χ0n) is 17.6. The van der Waals surface area contributed by atoms with E-state index in [-0.39, 0.29) is 4.75 Å². The minimum Gasteiger partial charge on any atom is -0.220 e. The van der Waals surface area contributed by atoms with E-state index in [1.165, 1.54) is 48.9 Å². The van der Waals surface area contributed by atoms with Crippen molar-refractivity contribution in [3.05, 3.63) is 35.4 Å². The van der Waals surface area contributed by atoms with E-state index in [2.05, 4.69) is 58.9 Å². The Morgan fingerprint density at radius 3 is 2.20 bits per heavy atom. The fraction of sp³-hybridized carbons (Fsp3) is 0.696. The third-order valence-corrected chi connectivity index (χ3v) is 6.24. The molecule has 0 aliphatic heterocycles. The number of nitrogens with zero attached hydrogens (tertiary/aromatic N) is 1. The highest BCUT2D eigenvalue weighted by Gasteiger charge is 2.36. The summed E-state index contributed by atoms with van der Waals surface area (Å²) in [6.45, 7) is 15.5. The molecule has 1 nitrogen and oxygen atoms in total. The van der Waals surface area contributed by atoms with Crippen molar-refractivity contribution in [1.29, 1.82) is 0 Å². The molecular formula is C23H39NS. The van der Waals surface area contributed by atoms with E-state index in [1.54, 1.807) is 11.9 Å². The van der Waals surface area contributed by atoms with Crippen LogP contribution in [0.2, 0.25) is 0 Å². The van der Waals surface area contributed by atoms with Gasteiger partial charge < -0.3 is 0 Å². The van der Waals surface area contributed by atoms with Gasteiger partial charge in [0.05, 0.1) is 5.71 Å². The summed E-state index contributed by atoms with van der Waals surface area (Å²) in [5.74, 6) is 0. The highest BCUT2D eigenvalue weighted by Crippen LogP contribution is 2.49. The number of aryl methyl sites for hydroxylation is 1. The van der Waals surface area contributed by atoms with E-state index in [0.717, 1.165) is 12.8 Å². The summed E-state index contributed by atoms with van der Waals surface area (Å²) in [7, 11) is 0. The zero-order valence-corrected chi connectivity index (χ0v) is 18.4. The van der Waals surface area contributed by atoms with Gasteiger partial charge in [0.25, 0.3) is 0 Å². The third-order valence-electron chi connectivity index (χ3n) is 5.15. The maximum Gasteiger partial charge on any atom is 0.0559 e. The lowest BCUT2D eigenvalue weighted by Gasteiger charge is -2.19. The van der Waals surface area contributed by atoms with E-state index < -0.39 is 0 Å². The Bertz CT molecular complexity index is 524.